The van der Waals surface area contributed by atoms with Crippen molar-refractivity contribution in [1.29, 1.82) is 0 Å². The summed E-state index contributed by atoms with van der Waals surface area (Å²) in [4.78, 5) is 29.1. The molecular formula is C25H27ClN4O3. The fourth-order valence-electron chi connectivity index (χ4n) is 4.01. The lowest BCUT2D eigenvalue weighted by molar-refractivity contribution is -0.131. The number of hydrogen-bond acceptors (Lipinski definition) is 5. The van der Waals surface area contributed by atoms with Gasteiger partial charge in [0.2, 0.25) is 5.91 Å². The van der Waals surface area contributed by atoms with Crippen LogP contribution in [-0.2, 0) is 11.3 Å². The highest BCUT2D eigenvalue weighted by atomic mass is 35.5. The Bertz CT molecular complexity index is 1150. The number of anilines is 1. The topological polar surface area (TPSA) is 67.7 Å². The lowest BCUT2D eigenvalue weighted by Crippen LogP contribution is -2.48. The quantitative estimate of drug-likeness (QED) is 0.531. The lowest BCUT2D eigenvalue weighted by atomic mass is 10.1. The van der Waals surface area contributed by atoms with Crippen LogP contribution < -0.4 is 15.2 Å². The normalized spacial score (nSPS) is 13.8. The fourth-order valence-corrected chi connectivity index (χ4v) is 4.14. The van der Waals surface area contributed by atoms with Gasteiger partial charge in [0.25, 0.3) is 5.56 Å². The summed E-state index contributed by atoms with van der Waals surface area (Å²) in [5.74, 6) is 0.952. The summed E-state index contributed by atoms with van der Waals surface area (Å²) in [7, 11) is 1.67. The van der Waals surface area contributed by atoms with Crippen LogP contribution in [0, 0.1) is 0 Å². The first kappa shape index (κ1) is 22.9. The van der Waals surface area contributed by atoms with Gasteiger partial charge in [-0.3, -0.25) is 9.59 Å². The van der Waals surface area contributed by atoms with Gasteiger partial charge in [-0.05, 0) is 36.8 Å². The van der Waals surface area contributed by atoms with Gasteiger partial charge in [-0.1, -0.05) is 35.9 Å². The number of ether oxygens (including phenoxy) is 1. The third kappa shape index (κ3) is 5.54. The molecule has 33 heavy (non-hydrogen) atoms. The lowest BCUT2D eigenvalue weighted by Gasteiger charge is -2.36. The first-order valence-electron chi connectivity index (χ1n) is 11.0. The van der Waals surface area contributed by atoms with E-state index in [1.54, 1.807) is 25.3 Å². The Balaban J connectivity index is 1.30. The number of hydrogen-bond donors (Lipinski definition) is 0. The van der Waals surface area contributed by atoms with Gasteiger partial charge in [-0.25, -0.2) is 4.68 Å². The molecule has 0 aliphatic carbocycles. The van der Waals surface area contributed by atoms with Gasteiger partial charge in [0.05, 0.1) is 18.5 Å². The predicted octanol–water partition coefficient (Wildman–Crippen LogP) is 3.70. The average Bonchev–Trinajstić information content (AvgIpc) is 2.85. The van der Waals surface area contributed by atoms with Gasteiger partial charge < -0.3 is 14.5 Å². The van der Waals surface area contributed by atoms with Crippen LogP contribution in [0.2, 0.25) is 5.02 Å². The number of methoxy groups -OCH3 is 1. The van der Waals surface area contributed by atoms with E-state index in [0.29, 0.717) is 43.2 Å². The standard InChI is InChI=1S/C25H27ClN4O3/c1-33-23-6-3-2-5-22(23)28-15-17-29(18-16-28)24(31)7-4-14-30-25(32)13-12-21(27-30)19-8-10-20(26)11-9-19/h2-3,5-6,8-13H,4,7,14-18H2,1H3. The minimum Gasteiger partial charge on any atom is -0.495 e. The third-order valence-electron chi connectivity index (χ3n) is 5.83. The van der Waals surface area contributed by atoms with E-state index in [1.165, 1.54) is 10.7 Å². The molecule has 1 aromatic heterocycles. The number of amides is 1. The van der Waals surface area contributed by atoms with E-state index in [9.17, 15) is 9.59 Å². The van der Waals surface area contributed by atoms with Crippen molar-refractivity contribution in [3.8, 4) is 17.0 Å². The van der Waals surface area contributed by atoms with E-state index in [0.717, 1.165) is 30.1 Å². The molecule has 0 N–H and O–H groups in total. The first-order valence-corrected chi connectivity index (χ1v) is 11.4. The minimum absolute atomic E-state index is 0.108. The van der Waals surface area contributed by atoms with Crippen molar-refractivity contribution in [2.75, 3.05) is 38.2 Å². The Morgan fingerprint density at radius 3 is 2.45 bits per heavy atom. The van der Waals surface area contributed by atoms with E-state index in [-0.39, 0.29) is 11.5 Å². The molecule has 3 aromatic rings. The van der Waals surface area contributed by atoms with Crippen LogP contribution >= 0.6 is 11.6 Å². The molecule has 2 aromatic carbocycles. The maximum Gasteiger partial charge on any atom is 0.266 e. The summed E-state index contributed by atoms with van der Waals surface area (Å²) < 4.78 is 6.89. The van der Waals surface area contributed by atoms with Crippen molar-refractivity contribution >= 4 is 23.2 Å². The molecule has 0 atom stereocenters. The Labute approximate surface area is 198 Å². The number of nitrogens with zero attached hydrogens (tertiary/aromatic N) is 4. The van der Waals surface area contributed by atoms with Crippen LogP contribution in [0.25, 0.3) is 11.3 Å². The van der Waals surface area contributed by atoms with E-state index >= 15 is 0 Å². The maximum atomic E-state index is 12.7. The third-order valence-corrected chi connectivity index (χ3v) is 6.08. The van der Waals surface area contributed by atoms with Crippen molar-refractivity contribution in [3.63, 3.8) is 0 Å². The van der Waals surface area contributed by atoms with Crippen molar-refractivity contribution in [2.24, 2.45) is 0 Å². The molecule has 1 aliphatic heterocycles. The molecule has 172 valence electrons. The van der Waals surface area contributed by atoms with Crippen molar-refractivity contribution in [3.05, 3.63) is 76.0 Å². The van der Waals surface area contributed by atoms with Crippen LogP contribution in [0.15, 0.2) is 65.5 Å². The Kier molecular flexibility index (Phi) is 7.29. The van der Waals surface area contributed by atoms with Gasteiger partial charge in [0.15, 0.2) is 0 Å². The van der Waals surface area contributed by atoms with Gasteiger partial charge in [-0.2, -0.15) is 5.10 Å². The van der Waals surface area contributed by atoms with Crippen LogP contribution in [0.5, 0.6) is 5.75 Å². The number of carbonyl (C=O) groups excluding carboxylic acids is 1. The Morgan fingerprint density at radius 2 is 1.73 bits per heavy atom. The minimum atomic E-state index is -0.175. The molecular weight excluding hydrogens is 440 g/mol. The molecule has 1 saturated heterocycles. The molecule has 0 bridgehead atoms. The SMILES string of the molecule is COc1ccccc1N1CCN(C(=O)CCCn2nc(-c3ccc(Cl)cc3)ccc2=O)CC1. The van der Waals surface area contributed by atoms with Gasteiger partial charge in [0.1, 0.15) is 5.75 Å². The molecule has 0 unspecified atom stereocenters. The number of aromatic nitrogens is 2. The number of para-hydroxylation sites is 2. The molecule has 1 aliphatic rings. The zero-order valence-electron chi connectivity index (χ0n) is 18.6. The second-order valence-electron chi connectivity index (χ2n) is 7.93. The monoisotopic (exact) mass is 466 g/mol. The highest BCUT2D eigenvalue weighted by molar-refractivity contribution is 6.30. The number of benzene rings is 2. The van der Waals surface area contributed by atoms with Crippen LogP contribution in [0.4, 0.5) is 5.69 Å². The number of aryl methyl sites for hydroxylation is 1. The van der Waals surface area contributed by atoms with Crippen LogP contribution in [0.3, 0.4) is 0 Å². The summed E-state index contributed by atoms with van der Waals surface area (Å²) in [5.41, 5.74) is 2.46. The fraction of sp³-hybridized carbons (Fsp3) is 0.320. The molecule has 1 amide bonds. The zero-order valence-corrected chi connectivity index (χ0v) is 19.4. The first-order chi connectivity index (χ1) is 16.0. The summed E-state index contributed by atoms with van der Waals surface area (Å²) in [6.07, 6.45) is 0.941. The number of halogens is 1. The predicted molar refractivity (Wildman–Crippen MR) is 130 cm³/mol. The molecule has 1 fully saturated rings. The smallest absolute Gasteiger partial charge is 0.266 e. The summed E-state index contributed by atoms with van der Waals surface area (Å²) in [6, 6.07) is 18.5. The molecule has 0 saturated carbocycles. The van der Waals surface area contributed by atoms with E-state index in [1.807, 2.05) is 41.3 Å². The summed E-state index contributed by atoms with van der Waals surface area (Å²) in [6.45, 7) is 3.25. The zero-order chi connectivity index (χ0) is 23.2. The van der Waals surface area contributed by atoms with Crippen molar-refractivity contribution < 1.29 is 9.53 Å². The second-order valence-corrected chi connectivity index (χ2v) is 8.37. The average molecular weight is 467 g/mol. The molecule has 0 radical (unpaired) electrons. The highest BCUT2D eigenvalue weighted by Crippen LogP contribution is 2.28. The van der Waals surface area contributed by atoms with Crippen molar-refractivity contribution in [1.82, 2.24) is 14.7 Å². The molecule has 7 nitrogen and oxygen atoms in total. The second kappa shape index (κ2) is 10.5. The summed E-state index contributed by atoms with van der Waals surface area (Å²) >= 11 is 5.95. The van der Waals surface area contributed by atoms with Crippen LogP contribution in [0.1, 0.15) is 12.8 Å². The van der Waals surface area contributed by atoms with Gasteiger partial charge in [-0.15, -0.1) is 0 Å². The molecule has 8 heteroatoms. The van der Waals surface area contributed by atoms with Gasteiger partial charge >= 0.3 is 0 Å². The highest BCUT2D eigenvalue weighted by Gasteiger charge is 2.22. The van der Waals surface area contributed by atoms with Crippen LogP contribution in [-0.4, -0.2) is 53.9 Å². The van der Waals surface area contributed by atoms with E-state index in [2.05, 4.69) is 10.00 Å². The molecule has 0 spiro atoms. The Morgan fingerprint density at radius 1 is 1.00 bits per heavy atom. The molecule has 2 heterocycles. The summed E-state index contributed by atoms with van der Waals surface area (Å²) in [5, 5.41) is 5.11. The maximum absolute atomic E-state index is 12.7. The number of piperazine rings is 1. The number of carbonyl (C=O) groups is 1. The molecule has 4 rings (SSSR count). The van der Waals surface area contributed by atoms with E-state index in [4.69, 9.17) is 16.3 Å². The van der Waals surface area contributed by atoms with Crippen molar-refractivity contribution in [2.45, 2.75) is 19.4 Å². The van der Waals surface area contributed by atoms with Gasteiger partial charge in [0, 0.05) is 55.8 Å². The Hall–Kier alpha value is -3.32. The number of rotatable bonds is 7. The van der Waals surface area contributed by atoms with E-state index < -0.39 is 0 Å². The largest absolute Gasteiger partial charge is 0.495 e.